The van der Waals surface area contributed by atoms with Crippen molar-refractivity contribution in [3.05, 3.63) is 17.5 Å². The van der Waals surface area contributed by atoms with E-state index in [0.717, 1.165) is 12.8 Å². The number of carbonyl (C=O) groups is 1. The minimum Gasteiger partial charge on any atom is -0.361 e. The quantitative estimate of drug-likeness (QED) is 0.862. The molecule has 1 atom stereocenters. The zero-order chi connectivity index (χ0) is 16.2. The Morgan fingerprint density at radius 3 is 2.68 bits per heavy atom. The molecule has 0 aliphatic heterocycles. The van der Waals surface area contributed by atoms with Crippen molar-refractivity contribution >= 4 is 15.7 Å². The Labute approximate surface area is 131 Å². The van der Waals surface area contributed by atoms with Crippen molar-refractivity contribution in [2.45, 2.75) is 57.0 Å². The van der Waals surface area contributed by atoms with E-state index in [0.29, 0.717) is 23.9 Å². The van der Waals surface area contributed by atoms with Crippen molar-refractivity contribution < 1.29 is 17.7 Å². The number of hydrogen-bond donors (Lipinski definition) is 1. The van der Waals surface area contributed by atoms with Crippen molar-refractivity contribution in [2.24, 2.45) is 5.92 Å². The van der Waals surface area contributed by atoms with Crippen molar-refractivity contribution in [1.29, 1.82) is 0 Å². The first-order chi connectivity index (χ1) is 10.4. The van der Waals surface area contributed by atoms with Gasteiger partial charge in [0.15, 0.2) is 9.84 Å². The van der Waals surface area contributed by atoms with Crippen molar-refractivity contribution in [2.75, 3.05) is 6.54 Å². The highest BCUT2D eigenvalue weighted by Gasteiger charge is 2.29. The van der Waals surface area contributed by atoms with Gasteiger partial charge in [0.25, 0.3) is 0 Å². The third-order valence-corrected chi connectivity index (χ3v) is 6.21. The average molecular weight is 328 g/mol. The van der Waals surface area contributed by atoms with E-state index in [4.69, 9.17) is 4.52 Å². The molecule has 22 heavy (non-hydrogen) atoms. The van der Waals surface area contributed by atoms with E-state index in [-0.39, 0.29) is 5.75 Å². The van der Waals surface area contributed by atoms with Crippen LogP contribution in [0.3, 0.4) is 0 Å². The number of hydrogen-bond acceptors (Lipinski definition) is 5. The summed E-state index contributed by atoms with van der Waals surface area (Å²) in [6.07, 6.45) is 5.87. The van der Waals surface area contributed by atoms with Crippen LogP contribution in [-0.2, 0) is 20.4 Å². The van der Waals surface area contributed by atoms with E-state index in [9.17, 15) is 13.2 Å². The summed E-state index contributed by atoms with van der Waals surface area (Å²) >= 11 is 0. The number of aryl methyl sites for hydroxylation is 1. The molecule has 0 aromatic carbocycles. The lowest BCUT2D eigenvalue weighted by molar-refractivity contribution is -0.120. The molecule has 1 amide bonds. The monoisotopic (exact) mass is 328 g/mol. The lowest BCUT2D eigenvalue weighted by atomic mass is 9.89. The lowest BCUT2D eigenvalue weighted by Gasteiger charge is -2.22. The van der Waals surface area contributed by atoms with Crippen LogP contribution >= 0.6 is 0 Å². The first-order valence-corrected chi connectivity index (χ1v) is 9.51. The molecule has 1 aromatic rings. The Hall–Kier alpha value is -1.37. The molecule has 1 N–H and O–H groups in total. The van der Waals surface area contributed by atoms with Gasteiger partial charge in [0.05, 0.1) is 11.4 Å². The zero-order valence-electron chi connectivity index (χ0n) is 13.2. The first-order valence-electron chi connectivity index (χ1n) is 7.80. The molecule has 1 fully saturated rings. The first kappa shape index (κ1) is 17.0. The SMILES string of the molecule is Cc1cc(CS(=O)(=O)C(C)C(=O)NCC2CCCCC2)no1. The van der Waals surface area contributed by atoms with Gasteiger partial charge in [-0.15, -0.1) is 0 Å². The summed E-state index contributed by atoms with van der Waals surface area (Å²) in [5.74, 6) is 0.332. The molecule has 0 radical (unpaired) electrons. The third kappa shape index (κ3) is 4.56. The van der Waals surface area contributed by atoms with Crippen molar-refractivity contribution in [3.63, 3.8) is 0 Å². The maximum atomic E-state index is 12.3. The standard InChI is InChI=1S/C15H24N2O4S/c1-11-8-14(17-21-11)10-22(19,20)12(2)15(18)16-9-13-6-4-3-5-7-13/h8,12-13H,3-7,9-10H2,1-2H3,(H,16,18). The van der Waals surface area contributed by atoms with Gasteiger partial charge >= 0.3 is 0 Å². The molecule has 1 saturated carbocycles. The van der Waals surface area contributed by atoms with E-state index >= 15 is 0 Å². The number of sulfone groups is 1. The number of nitrogens with zero attached hydrogens (tertiary/aromatic N) is 1. The molecule has 1 aliphatic carbocycles. The van der Waals surface area contributed by atoms with Gasteiger partial charge < -0.3 is 9.84 Å². The number of amides is 1. The maximum absolute atomic E-state index is 12.3. The van der Waals surface area contributed by atoms with E-state index in [1.54, 1.807) is 13.0 Å². The van der Waals surface area contributed by atoms with Crippen LogP contribution in [0.25, 0.3) is 0 Å². The summed E-state index contributed by atoms with van der Waals surface area (Å²) in [6.45, 7) is 3.70. The van der Waals surface area contributed by atoms with Gasteiger partial charge in [0.2, 0.25) is 5.91 Å². The second kappa shape index (κ2) is 7.26. The molecule has 1 aliphatic rings. The van der Waals surface area contributed by atoms with Crippen LogP contribution in [0.2, 0.25) is 0 Å². The van der Waals surface area contributed by atoms with Crippen molar-refractivity contribution in [3.8, 4) is 0 Å². The smallest absolute Gasteiger partial charge is 0.238 e. The van der Waals surface area contributed by atoms with Crippen LogP contribution in [0.1, 0.15) is 50.5 Å². The van der Waals surface area contributed by atoms with Crippen LogP contribution in [0.4, 0.5) is 0 Å². The van der Waals surface area contributed by atoms with Crippen LogP contribution < -0.4 is 5.32 Å². The van der Waals surface area contributed by atoms with Crippen LogP contribution in [-0.4, -0.2) is 31.3 Å². The fourth-order valence-electron chi connectivity index (χ4n) is 2.76. The van der Waals surface area contributed by atoms with Gasteiger partial charge in [-0.2, -0.15) is 0 Å². The number of carbonyl (C=O) groups excluding carboxylic acids is 1. The zero-order valence-corrected chi connectivity index (χ0v) is 14.0. The summed E-state index contributed by atoms with van der Waals surface area (Å²) in [4.78, 5) is 12.1. The summed E-state index contributed by atoms with van der Waals surface area (Å²) in [5.41, 5.74) is 0.337. The summed E-state index contributed by atoms with van der Waals surface area (Å²) in [7, 11) is -3.59. The Bertz CT molecular complexity index is 603. The topological polar surface area (TPSA) is 89.3 Å². The molecule has 6 nitrogen and oxygen atoms in total. The van der Waals surface area contributed by atoms with Gasteiger partial charge in [-0.1, -0.05) is 24.4 Å². The van der Waals surface area contributed by atoms with Gasteiger partial charge in [-0.3, -0.25) is 4.79 Å². The second-order valence-corrected chi connectivity index (χ2v) is 8.45. The van der Waals surface area contributed by atoms with E-state index < -0.39 is 21.0 Å². The lowest BCUT2D eigenvalue weighted by Crippen LogP contribution is -2.40. The molecular formula is C15H24N2O4S. The molecule has 124 valence electrons. The predicted molar refractivity (Wildman–Crippen MR) is 82.9 cm³/mol. The highest BCUT2D eigenvalue weighted by Crippen LogP contribution is 2.22. The molecule has 0 spiro atoms. The highest BCUT2D eigenvalue weighted by molar-refractivity contribution is 7.92. The summed E-state index contributed by atoms with van der Waals surface area (Å²) in [5, 5.41) is 5.39. The third-order valence-electron chi connectivity index (χ3n) is 4.22. The summed E-state index contributed by atoms with van der Waals surface area (Å²) < 4.78 is 29.4. The number of aromatic nitrogens is 1. The van der Waals surface area contributed by atoms with E-state index in [1.807, 2.05) is 0 Å². The van der Waals surface area contributed by atoms with E-state index in [1.165, 1.54) is 26.2 Å². The van der Waals surface area contributed by atoms with Crippen LogP contribution in [0.5, 0.6) is 0 Å². The Kier molecular flexibility index (Phi) is 5.61. The van der Waals surface area contributed by atoms with E-state index in [2.05, 4.69) is 10.5 Å². The molecule has 7 heteroatoms. The number of rotatable bonds is 6. The molecule has 1 aromatic heterocycles. The van der Waals surface area contributed by atoms with Crippen LogP contribution in [0.15, 0.2) is 10.6 Å². The van der Waals surface area contributed by atoms with Gasteiger partial charge in [-0.25, -0.2) is 8.42 Å². The molecule has 0 bridgehead atoms. The van der Waals surface area contributed by atoms with Gasteiger partial charge in [0, 0.05) is 12.6 Å². The second-order valence-electron chi connectivity index (χ2n) is 6.13. The number of nitrogens with one attached hydrogen (secondary N) is 1. The Morgan fingerprint density at radius 2 is 2.09 bits per heavy atom. The Balaban J connectivity index is 1.87. The molecule has 1 unspecified atom stereocenters. The maximum Gasteiger partial charge on any atom is 0.238 e. The molecule has 0 saturated heterocycles. The van der Waals surface area contributed by atoms with Crippen molar-refractivity contribution in [1.82, 2.24) is 10.5 Å². The largest absolute Gasteiger partial charge is 0.361 e. The van der Waals surface area contributed by atoms with Gasteiger partial charge in [0.1, 0.15) is 11.0 Å². The predicted octanol–water partition coefficient (Wildman–Crippen LogP) is 1.98. The minimum absolute atomic E-state index is 0.275. The Morgan fingerprint density at radius 1 is 1.41 bits per heavy atom. The fraction of sp³-hybridized carbons (Fsp3) is 0.733. The fourth-order valence-corrected chi connectivity index (χ4v) is 3.97. The molecule has 1 heterocycles. The molecule has 2 rings (SSSR count). The van der Waals surface area contributed by atoms with Gasteiger partial charge in [-0.05, 0) is 32.6 Å². The van der Waals surface area contributed by atoms with Crippen LogP contribution in [0, 0.1) is 12.8 Å². The molecular weight excluding hydrogens is 304 g/mol. The minimum atomic E-state index is -3.59. The highest BCUT2D eigenvalue weighted by atomic mass is 32.2. The summed E-state index contributed by atoms with van der Waals surface area (Å²) in [6, 6.07) is 1.57. The normalized spacial score (nSPS) is 18.1. The average Bonchev–Trinajstić information content (AvgIpc) is 2.89.